The van der Waals surface area contributed by atoms with Gasteiger partial charge in [-0.15, -0.1) is 0 Å². The van der Waals surface area contributed by atoms with Gasteiger partial charge in [-0.2, -0.15) is 4.31 Å². The summed E-state index contributed by atoms with van der Waals surface area (Å²) in [5, 5.41) is 0.429. The van der Waals surface area contributed by atoms with E-state index in [0.29, 0.717) is 23.0 Å². The highest BCUT2D eigenvalue weighted by atomic mass is 35.5. The molecule has 1 aromatic rings. The predicted octanol–water partition coefficient (Wildman–Crippen LogP) is 2.38. The monoisotopic (exact) mass is 315 g/mol. The lowest BCUT2D eigenvalue weighted by molar-refractivity contribution is 0.0937. The first-order valence-corrected chi connectivity index (χ1v) is 8.12. The van der Waals surface area contributed by atoms with E-state index in [-0.39, 0.29) is 12.0 Å². The van der Waals surface area contributed by atoms with Crippen LogP contribution in [-0.2, 0) is 14.8 Å². The third-order valence-electron chi connectivity index (χ3n) is 3.60. The lowest BCUT2D eigenvalue weighted by Gasteiger charge is -2.16. The van der Waals surface area contributed by atoms with E-state index in [2.05, 4.69) is 6.58 Å². The molecule has 0 bridgehead atoms. The highest BCUT2D eigenvalue weighted by Crippen LogP contribution is 2.31. The normalized spacial score (nSPS) is 23.9. The van der Waals surface area contributed by atoms with E-state index in [1.54, 1.807) is 31.4 Å². The van der Waals surface area contributed by atoms with Crippen molar-refractivity contribution in [2.75, 3.05) is 20.2 Å². The highest BCUT2D eigenvalue weighted by molar-refractivity contribution is 7.89. The van der Waals surface area contributed by atoms with Crippen LogP contribution in [0.25, 0.3) is 0 Å². The fourth-order valence-corrected chi connectivity index (χ4v) is 4.02. The highest BCUT2D eigenvalue weighted by Gasteiger charge is 2.40. The molecule has 2 rings (SSSR count). The molecule has 0 aromatic heterocycles. The van der Waals surface area contributed by atoms with E-state index in [4.69, 9.17) is 16.3 Å². The van der Waals surface area contributed by atoms with Gasteiger partial charge in [0.25, 0.3) is 0 Å². The minimum Gasteiger partial charge on any atom is -0.379 e. The molecule has 6 heteroatoms. The minimum absolute atomic E-state index is 0.179. The summed E-state index contributed by atoms with van der Waals surface area (Å²) in [6.07, 6.45) is -0.250. The molecule has 1 aliphatic rings. The smallest absolute Gasteiger partial charge is 0.243 e. The quantitative estimate of drug-likeness (QED) is 0.857. The number of benzene rings is 1. The van der Waals surface area contributed by atoms with Crippen LogP contribution in [0.5, 0.6) is 0 Å². The summed E-state index contributed by atoms with van der Waals surface area (Å²) in [6.45, 7) is 6.21. The number of rotatable bonds is 4. The van der Waals surface area contributed by atoms with Crippen LogP contribution in [0.15, 0.2) is 40.8 Å². The summed E-state index contributed by atoms with van der Waals surface area (Å²) in [5.41, 5.74) is 1.02. The third-order valence-corrected chi connectivity index (χ3v) is 5.72. The van der Waals surface area contributed by atoms with Crippen molar-refractivity contribution in [2.45, 2.75) is 17.9 Å². The first kappa shape index (κ1) is 15.5. The van der Waals surface area contributed by atoms with E-state index in [9.17, 15) is 8.42 Å². The van der Waals surface area contributed by atoms with Crippen LogP contribution in [0.1, 0.15) is 5.56 Å². The van der Waals surface area contributed by atoms with Gasteiger partial charge in [-0.05, 0) is 19.1 Å². The molecule has 4 nitrogen and oxygen atoms in total. The largest absolute Gasteiger partial charge is 0.379 e. The molecule has 0 amide bonds. The Kier molecular flexibility index (Phi) is 4.54. The second kappa shape index (κ2) is 5.85. The number of halogens is 1. The summed E-state index contributed by atoms with van der Waals surface area (Å²) >= 11 is 5.94. The van der Waals surface area contributed by atoms with Crippen molar-refractivity contribution < 1.29 is 13.2 Å². The number of methoxy groups -OCH3 is 1. The Hall–Kier alpha value is -0.880. The second-order valence-corrected chi connectivity index (χ2v) is 7.39. The fraction of sp³-hybridized carbons (Fsp3) is 0.429. The summed E-state index contributed by atoms with van der Waals surface area (Å²) < 4.78 is 31.9. The molecule has 2 atom stereocenters. The average molecular weight is 316 g/mol. The van der Waals surface area contributed by atoms with Crippen LogP contribution in [0.2, 0.25) is 0 Å². The van der Waals surface area contributed by atoms with E-state index >= 15 is 0 Å². The second-order valence-electron chi connectivity index (χ2n) is 4.96. The van der Waals surface area contributed by atoms with Crippen molar-refractivity contribution in [3.05, 3.63) is 41.4 Å². The van der Waals surface area contributed by atoms with Crippen molar-refractivity contribution in [2.24, 2.45) is 5.92 Å². The van der Waals surface area contributed by atoms with Gasteiger partial charge in [-0.1, -0.05) is 35.9 Å². The van der Waals surface area contributed by atoms with Crippen molar-refractivity contribution in [3.63, 3.8) is 0 Å². The van der Waals surface area contributed by atoms with Crippen molar-refractivity contribution in [1.29, 1.82) is 0 Å². The Morgan fingerprint density at radius 2 is 1.95 bits per heavy atom. The summed E-state index contributed by atoms with van der Waals surface area (Å²) in [7, 11) is -1.96. The maximum Gasteiger partial charge on any atom is 0.243 e. The van der Waals surface area contributed by atoms with E-state index < -0.39 is 10.0 Å². The molecule has 110 valence electrons. The summed E-state index contributed by atoms with van der Waals surface area (Å²) in [4.78, 5) is 0.291. The molecule has 0 N–H and O–H groups in total. The SMILES string of the molecule is C=C(Cl)[C@@H]1CN(S(=O)(=O)c2ccc(C)cc2)C[C@@H]1OC. The fourth-order valence-electron chi connectivity index (χ4n) is 2.33. The Bertz CT molecular complexity index is 597. The first-order valence-electron chi connectivity index (χ1n) is 6.30. The Labute approximate surface area is 125 Å². The summed E-state index contributed by atoms with van der Waals surface area (Å²) in [6, 6.07) is 6.81. The summed E-state index contributed by atoms with van der Waals surface area (Å²) in [5.74, 6) is -0.179. The van der Waals surface area contributed by atoms with Gasteiger partial charge in [0, 0.05) is 31.1 Å². The first-order chi connectivity index (χ1) is 9.36. The molecule has 1 aliphatic heterocycles. The van der Waals surface area contributed by atoms with Gasteiger partial charge in [0.1, 0.15) is 0 Å². The van der Waals surface area contributed by atoms with Crippen LogP contribution in [-0.4, -0.2) is 39.0 Å². The van der Waals surface area contributed by atoms with Gasteiger partial charge >= 0.3 is 0 Å². The maximum atomic E-state index is 12.6. The molecular weight excluding hydrogens is 298 g/mol. The average Bonchev–Trinajstić information content (AvgIpc) is 2.84. The molecule has 20 heavy (non-hydrogen) atoms. The zero-order valence-electron chi connectivity index (χ0n) is 11.5. The van der Waals surface area contributed by atoms with E-state index in [0.717, 1.165) is 5.56 Å². The third kappa shape index (κ3) is 2.91. The van der Waals surface area contributed by atoms with Gasteiger partial charge in [-0.25, -0.2) is 8.42 Å². The Morgan fingerprint density at radius 1 is 1.35 bits per heavy atom. The zero-order valence-corrected chi connectivity index (χ0v) is 13.1. The van der Waals surface area contributed by atoms with Crippen LogP contribution < -0.4 is 0 Å². The van der Waals surface area contributed by atoms with Crippen LogP contribution in [0, 0.1) is 12.8 Å². The number of hydrogen-bond donors (Lipinski definition) is 0. The number of aryl methyl sites for hydroxylation is 1. The van der Waals surface area contributed by atoms with Gasteiger partial charge < -0.3 is 4.74 Å². The van der Waals surface area contributed by atoms with Gasteiger partial charge in [0.2, 0.25) is 10.0 Å². The number of sulfonamides is 1. The van der Waals surface area contributed by atoms with Gasteiger partial charge in [0.15, 0.2) is 0 Å². The van der Waals surface area contributed by atoms with Crippen LogP contribution in [0.4, 0.5) is 0 Å². The molecule has 0 aliphatic carbocycles. The molecule has 0 radical (unpaired) electrons. The molecule has 1 fully saturated rings. The predicted molar refractivity (Wildman–Crippen MR) is 79.2 cm³/mol. The molecule has 0 spiro atoms. The maximum absolute atomic E-state index is 12.6. The standard InChI is InChI=1S/C14H18ClNO3S/c1-10-4-6-12(7-5-10)20(17,18)16-8-13(11(2)15)14(9-16)19-3/h4-7,13-14H,2,8-9H2,1,3H3/t13-,14-/m0/s1. The molecule has 0 saturated carbocycles. The lowest BCUT2D eigenvalue weighted by atomic mass is 10.1. The van der Waals surface area contributed by atoms with E-state index in [1.807, 2.05) is 6.92 Å². The number of ether oxygens (including phenoxy) is 1. The molecule has 0 unspecified atom stereocenters. The lowest BCUT2D eigenvalue weighted by Crippen LogP contribution is -2.30. The van der Waals surface area contributed by atoms with E-state index in [1.165, 1.54) is 4.31 Å². The van der Waals surface area contributed by atoms with Crippen molar-refractivity contribution in [3.8, 4) is 0 Å². The Morgan fingerprint density at radius 3 is 2.40 bits per heavy atom. The number of nitrogens with zero attached hydrogens (tertiary/aromatic N) is 1. The molecular formula is C14H18ClNO3S. The number of hydrogen-bond acceptors (Lipinski definition) is 3. The van der Waals surface area contributed by atoms with Crippen molar-refractivity contribution in [1.82, 2.24) is 4.31 Å². The van der Waals surface area contributed by atoms with Crippen LogP contribution in [0.3, 0.4) is 0 Å². The topological polar surface area (TPSA) is 46.6 Å². The van der Waals surface area contributed by atoms with Crippen LogP contribution >= 0.6 is 11.6 Å². The van der Waals surface area contributed by atoms with Gasteiger partial charge in [0.05, 0.1) is 11.0 Å². The minimum atomic E-state index is -3.51. The molecule has 1 aromatic carbocycles. The molecule has 1 saturated heterocycles. The van der Waals surface area contributed by atoms with Gasteiger partial charge in [-0.3, -0.25) is 0 Å². The van der Waals surface area contributed by atoms with Crippen molar-refractivity contribution >= 4 is 21.6 Å². The zero-order chi connectivity index (χ0) is 14.9. The molecule has 1 heterocycles. The Balaban J connectivity index is 2.27.